The molecule has 1 atom stereocenters. The van der Waals surface area contributed by atoms with Crippen molar-refractivity contribution in [3.8, 4) is 0 Å². The van der Waals surface area contributed by atoms with Gasteiger partial charge in [0.05, 0.1) is 19.6 Å². The first-order valence-electron chi connectivity index (χ1n) is 6.47. The summed E-state index contributed by atoms with van der Waals surface area (Å²) >= 11 is 12.1. The van der Waals surface area contributed by atoms with Crippen molar-refractivity contribution < 1.29 is 9.53 Å². The maximum Gasteiger partial charge on any atom is 0.307 e. The number of ether oxygens (including phenoxy) is 1. The molecule has 0 amide bonds. The topological polar surface area (TPSA) is 62.7 Å². The van der Waals surface area contributed by atoms with E-state index in [-0.39, 0.29) is 42.4 Å². The molecular weight excluding hydrogens is 440 g/mol. The third-order valence-corrected chi connectivity index (χ3v) is 3.42. The Kier molecular flexibility index (Phi) is 10.5. The average Bonchev–Trinajstić information content (AvgIpc) is 2.45. The molecule has 1 aromatic carbocycles. The average molecular weight is 460 g/mol. The molecule has 22 heavy (non-hydrogen) atoms. The van der Waals surface area contributed by atoms with Crippen molar-refractivity contribution in [3.05, 3.63) is 33.8 Å². The van der Waals surface area contributed by atoms with Gasteiger partial charge in [-0.3, -0.25) is 9.79 Å². The molecule has 1 unspecified atom stereocenters. The standard InChI is InChI=1S/C14H19Cl2N3O2.HI/c1-9(11-5-4-10(15)8-12(11)16)19-14(17-2)18-7-6-13(20)21-3;/h4-5,8-9H,6-7H2,1-3H3,(H2,17,18,19);1H. The first-order chi connectivity index (χ1) is 9.97. The van der Waals surface area contributed by atoms with E-state index < -0.39 is 0 Å². The fourth-order valence-electron chi connectivity index (χ4n) is 1.72. The summed E-state index contributed by atoms with van der Waals surface area (Å²) in [5.74, 6) is 0.309. The lowest BCUT2D eigenvalue weighted by atomic mass is 10.1. The largest absolute Gasteiger partial charge is 0.469 e. The number of esters is 1. The van der Waals surface area contributed by atoms with E-state index in [9.17, 15) is 4.79 Å². The predicted octanol–water partition coefficient (Wildman–Crippen LogP) is 3.40. The van der Waals surface area contributed by atoms with Gasteiger partial charge >= 0.3 is 5.97 Å². The Morgan fingerprint density at radius 1 is 1.41 bits per heavy atom. The summed E-state index contributed by atoms with van der Waals surface area (Å²) in [5, 5.41) is 7.41. The highest BCUT2D eigenvalue weighted by molar-refractivity contribution is 14.0. The Hall–Kier alpha value is -0.730. The van der Waals surface area contributed by atoms with Crippen LogP contribution in [0.3, 0.4) is 0 Å². The minimum atomic E-state index is -0.272. The van der Waals surface area contributed by atoms with Crippen LogP contribution in [0.1, 0.15) is 24.9 Å². The predicted molar refractivity (Wildman–Crippen MR) is 101 cm³/mol. The van der Waals surface area contributed by atoms with Gasteiger partial charge in [-0.2, -0.15) is 0 Å². The highest BCUT2D eigenvalue weighted by atomic mass is 127. The van der Waals surface area contributed by atoms with E-state index in [1.54, 1.807) is 19.2 Å². The van der Waals surface area contributed by atoms with Crippen LogP contribution in [0, 0.1) is 0 Å². The highest BCUT2D eigenvalue weighted by Crippen LogP contribution is 2.25. The lowest BCUT2D eigenvalue weighted by Crippen LogP contribution is -2.39. The van der Waals surface area contributed by atoms with Gasteiger partial charge in [0, 0.05) is 23.6 Å². The van der Waals surface area contributed by atoms with Crippen molar-refractivity contribution in [3.63, 3.8) is 0 Å². The number of carbonyl (C=O) groups is 1. The lowest BCUT2D eigenvalue weighted by molar-refractivity contribution is -0.140. The molecular formula is C14H20Cl2IN3O2. The van der Waals surface area contributed by atoms with Crippen molar-refractivity contribution in [2.45, 2.75) is 19.4 Å². The van der Waals surface area contributed by atoms with E-state index >= 15 is 0 Å². The third kappa shape index (κ3) is 7.02. The zero-order chi connectivity index (χ0) is 15.8. The summed E-state index contributed by atoms with van der Waals surface area (Å²) in [6, 6.07) is 5.29. The van der Waals surface area contributed by atoms with Crippen LogP contribution >= 0.6 is 47.2 Å². The molecule has 1 rings (SSSR count). The fourth-order valence-corrected chi connectivity index (χ4v) is 2.29. The first-order valence-corrected chi connectivity index (χ1v) is 7.22. The molecule has 0 spiro atoms. The number of nitrogens with one attached hydrogen (secondary N) is 2. The number of guanidine groups is 1. The molecule has 2 N–H and O–H groups in total. The van der Waals surface area contributed by atoms with Crippen LogP contribution in [0.5, 0.6) is 0 Å². The SMILES string of the molecule is CN=C(NCCC(=O)OC)NC(C)c1ccc(Cl)cc1Cl.I. The number of nitrogens with zero attached hydrogens (tertiary/aromatic N) is 1. The van der Waals surface area contributed by atoms with Gasteiger partial charge in [-0.25, -0.2) is 0 Å². The Morgan fingerprint density at radius 3 is 2.64 bits per heavy atom. The Labute approximate surface area is 157 Å². The second kappa shape index (κ2) is 10.9. The first kappa shape index (κ1) is 21.3. The number of carbonyl (C=O) groups excluding carboxylic acids is 1. The van der Waals surface area contributed by atoms with Gasteiger partial charge < -0.3 is 15.4 Å². The molecule has 1 aromatic rings. The van der Waals surface area contributed by atoms with Crippen LogP contribution in [-0.4, -0.2) is 32.6 Å². The quantitative estimate of drug-likeness (QED) is 0.306. The van der Waals surface area contributed by atoms with Crippen molar-refractivity contribution in [2.24, 2.45) is 4.99 Å². The maximum atomic E-state index is 11.0. The number of hydrogen-bond acceptors (Lipinski definition) is 3. The van der Waals surface area contributed by atoms with Crippen molar-refractivity contribution in [2.75, 3.05) is 20.7 Å². The maximum absolute atomic E-state index is 11.0. The van der Waals surface area contributed by atoms with E-state index in [0.717, 1.165) is 5.56 Å². The highest BCUT2D eigenvalue weighted by Gasteiger charge is 2.12. The molecule has 0 aromatic heterocycles. The van der Waals surface area contributed by atoms with Gasteiger partial charge in [-0.1, -0.05) is 29.3 Å². The molecule has 0 saturated carbocycles. The second-order valence-electron chi connectivity index (χ2n) is 4.36. The van der Waals surface area contributed by atoms with Crippen molar-refractivity contribution in [1.29, 1.82) is 0 Å². The molecule has 0 aliphatic rings. The summed E-state index contributed by atoms with van der Waals surface area (Å²) in [6.07, 6.45) is 0.271. The Balaban J connectivity index is 0.00000441. The number of hydrogen-bond donors (Lipinski definition) is 2. The zero-order valence-corrected chi connectivity index (χ0v) is 16.5. The van der Waals surface area contributed by atoms with Crippen molar-refractivity contribution >= 4 is 59.1 Å². The number of halogens is 3. The van der Waals surface area contributed by atoms with Gasteiger partial charge in [0.1, 0.15) is 0 Å². The molecule has 0 aliphatic carbocycles. The van der Waals surface area contributed by atoms with E-state index in [1.807, 2.05) is 13.0 Å². The molecule has 124 valence electrons. The summed E-state index contributed by atoms with van der Waals surface area (Å²) < 4.78 is 4.57. The Bertz CT molecular complexity index is 527. The van der Waals surface area contributed by atoms with Gasteiger partial charge in [0.2, 0.25) is 0 Å². The van der Waals surface area contributed by atoms with E-state index in [2.05, 4.69) is 20.4 Å². The fraction of sp³-hybridized carbons (Fsp3) is 0.429. The summed E-state index contributed by atoms with van der Waals surface area (Å²) in [4.78, 5) is 15.1. The van der Waals surface area contributed by atoms with E-state index in [1.165, 1.54) is 7.11 Å². The van der Waals surface area contributed by atoms with Gasteiger partial charge in [-0.15, -0.1) is 24.0 Å². The number of aliphatic imine (C=N–C) groups is 1. The lowest BCUT2D eigenvalue weighted by Gasteiger charge is -2.19. The number of benzene rings is 1. The third-order valence-electron chi connectivity index (χ3n) is 2.86. The molecule has 0 radical (unpaired) electrons. The molecule has 0 heterocycles. The summed E-state index contributed by atoms with van der Waals surface area (Å²) in [7, 11) is 3.02. The molecule has 0 bridgehead atoms. The molecule has 5 nitrogen and oxygen atoms in total. The molecule has 8 heteroatoms. The normalized spacial score (nSPS) is 12.1. The van der Waals surface area contributed by atoms with Gasteiger partial charge in [-0.05, 0) is 24.6 Å². The van der Waals surface area contributed by atoms with Crippen LogP contribution in [0.2, 0.25) is 10.0 Å². The summed E-state index contributed by atoms with van der Waals surface area (Å²) in [6.45, 7) is 2.40. The minimum absolute atomic E-state index is 0. The van der Waals surface area contributed by atoms with Crippen LogP contribution < -0.4 is 10.6 Å². The van der Waals surface area contributed by atoms with E-state index in [0.29, 0.717) is 22.5 Å². The van der Waals surface area contributed by atoms with Crippen LogP contribution in [0.25, 0.3) is 0 Å². The molecule has 0 fully saturated rings. The molecule has 0 saturated heterocycles. The van der Waals surface area contributed by atoms with E-state index in [4.69, 9.17) is 23.2 Å². The van der Waals surface area contributed by atoms with Crippen LogP contribution in [0.4, 0.5) is 0 Å². The number of rotatable bonds is 5. The van der Waals surface area contributed by atoms with Gasteiger partial charge in [0.15, 0.2) is 5.96 Å². The molecule has 0 aliphatic heterocycles. The smallest absolute Gasteiger partial charge is 0.307 e. The van der Waals surface area contributed by atoms with Crippen LogP contribution in [-0.2, 0) is 9.53 Å². The van der Waals surface area contributed by atoms with Crippen LogP contribution in [0.15, 0.2) is 23.2 Å². The second-order valence-corrected chi connectivity index (χ2v) is 5.20. The monoisotopic (exact) mass is 459 g/mol. The van der Waals surface area contributed by atoms with Gasteiger partial charge in [0.25, 0.3) is 0 Å². The number of methoxy groups -OCH3 is 1. The minimum Gasteiger partial charge on any atom is -0.469 e. The summed E-state index contributed by atoms with van der Waals surface area (Å²) in [5.41, 5.74) is 0.914. The van der Waals surface area contributed by atoms with Crippen molar-refractivity contribution in [1.82, 2.24) is 10.6 Å². The zero-order valence-electron chi connectivity index (χ0n) is 12.7. The Morgan fingerprint density at radius 2 is 2.09 bits per heavy atom.